The molecular formula is C26H30BrN5O7. The van der Waals surface area contributed by atoms with Crippen LogP contribution in [0.15, 0.2) is 27.8 Å². The maximum atomic E-state index is 12.4. The Labute approximate surface area is 235 Å². The molecule has 0 saturated carbocycles. The lowest BCUT2D eigenvalue weighted by molar-refractivity contribution is -0.137. The molecule has 208 valence electrons. The number of hydrogen-bond acceptors (Lipinski definition) is 10. The number of amides is 2. The van der Waals surface area contributed by atoms with Gasteiger partial charge in [-0.25, -0.2) is 10.4 Å². The van der Waals surface area contributed by atoms with Crippen LogP contribution < -0.4 is 19.6 Å². The summed E-state index contributed by atoms with van der Waals surface area (Å²) in [5.74, 6) is 0.234. The van der Waals surface area contributed by atoms with Crippen LogP contribution in [0.1, 0.15) is 29.3 Å². The molecule has 0 atom stereocenters. The topological polar surface area (TPSA) is 145 Å². The molecule has 0 bridgehead atoms. The molecule has 0 spiro atoms. The van der Waals surface area contributed by atoms with Gasteiger partial charge in [-0.1, -0.05) is 0 Å². The Morgan fingerprint density at radius 2 is 2.00 bits per heavy atom. The normalized spacial score (nSPS) is 13.2. The fourth-order valence-corrected chi connectivity index (χ4v) is 4.00. The summed E-state index contributed by atoms with van der Waals surface area (Å²) in [5, 5.41) is 13.5. The van der Waals surface area contributed by atoms with E-state index in [-0.39, 0.29) is 30.6 Å². The Balaban J connectivity index is 1.58. The van der Waals surface area contributed by atoms with E-state index in [0.717, 1.165) is 0 Å². The number of rotatable bonds is 12. The van der Waals surface area contributed by atoms with Gasteiger partial charge in [0.15, 0.2) is 24.7 Å². The molecule has 1 N–H and O–H groups in total. The summed E-state index contributed by atoms with van der Waals surface area (Å²) < 4.78 is 27.9. The summed E-state index contributed by atoms with van der Waals surface area (Å²) in [6.45, 7) is 5.75. The van der Waals surface area contributed by atoms with E-state index < -0.39 is 12.5 Å². The minimum absolute atomic E-state index is 0.0356. The van der Waals surface area contributed by atoms with Crippen LogP contribution >= 0.6 is 15.9 Å². The first-order valence-corrected chi connectivity index (χ1v) is 12.9. The van der Waals surface area contributed by atoms with Crippen molar-refractivity contribution in [1.82, 2.24) is 15.3 Å². The van der Waals surface area contributed by atoms with Gasteiger partial charge in [0.05, 0.1) is 38.3 Å². The van der Waals surface area contributed by atoms with Crippen molar-refractivity contribution in [3.05, 3.63) is 45.1 Å². The first-order valence-electron chi connectivity index (χ1n) is 12.2. The summed E-state index contributed by atoms with van der Waals surface area (Å²) in [5.41, 5.74) is 4.37. The Morgan fingerprint density at radius 1 is 1.23 bits per heavy atom. The number of morpholine rings is 1. The number of nitriles is 1. The molecule has 1 aliphatic heterocycles. The van der Waals surface area contributed by atoms with Crippen LogP contribution in [0.3, 0.4) is 0 Å². The first kappa shape index (κ1) is 29.8. The SMILES string of the molecule is CCOc1cc(/C=N/NC(=O)COc2nc(C)c(Br)c(COC)c2C#N)ccc1OCC(=O)N1CCOCC1. The van der Waals surface area contributed by atoms with E-state index in [4.69, 9.17) is 23.7 Å². The molecule has 1 fully saturated rings. The lowest BCUT2D eigenvalue weighted by Crippen LogP contribution is -2.43. The molecule has 12 nitrogen and oxygen atoms in total. The minimum Gasteiger partial charge on any atom is -0.490 e. The van der Waals surface area contributed by atoms with Crippen LogP contribution in [0.4, 0.5) is 0 Å². The van der Waals surface area contributed by atoms with Gasteiger partial charge in [-0.05, 0) is 53.5 Å². The lowest BCUT2D eigenvalue weighted by atomic mass is 10.1. The average molecular weight is 604 g/mol. The Kier molecular flexibility index (Phi) is 11.5. The molecule has 0 unspecified atom stereocenters. The lowest BCUT2D eigenvalue weighted by Gasteiger charge is -2.26. The van der Waals surface area contributed by atoms with Crippen molar-refractivity contribution in [2.24, 2.45) is 5.10 Å². The van der Waals surface area contributed by atoms with E-state index in [0.29, 0.717) is 65.7 Å². The van der Waals surface area contributed by atoms with Gasteiger partial charge in [0.25, 0.3) is 11.8 Å². The van der Waals surface area contributed by atoms with Crippen LogP contribution in [0.2, 0.25) is 0 Å². The molecule has 1 aromatic heterocycles. The number of pyridine rings is 1. The first-order chi connectivity index (χ1) is 18.9. The van der Waals surface area contributed by atoms with Crippen molar-refractivity contribution in [1.29, 1.82) is 5.26 Å². The molecule has 13 heteroatoms. The van der Waals surface area contributed by atoms with Crippen LogP contribution in [0, 0.1) is 18.3 Å². The summed E-state index contributed by atoms with van der Waals surface area (Å²) >= 11 is 3.41. The molecule has 0 aliphatic carbocycles. The largest absolute Gasteiger partial charge is 0.490 e. The number of halogens is 1. The number of methoxy groups -OCH3 is 1. The number of aryl methyl sites for hydroxylation is 1. The second kappa shape index (κ2) is 15.0. The van der Waals surface area contributed by atoms with Crippen LogP contribution in [0.25, 0.3) is 0 Å². The Hall–Kier alpha value is -3.73. The predicted octanol–water partition coefficient (Wildman–Crippen LogP) is 2.34. The molecule has 3 rings (SSSR count). The minimum atomic E-state index is -0.544. The maximum absolute atomic E-state index is 12.4. The van der Waals surface area contributed by atoms with E-state index in [2.05, 4.69) is 37.5 Å². The number of carbonyl (C=O) groups excluding carboxylic acids is 2. The fraction of sp³-hybridized carbons (Fsp3) is 0.423. The monoisotopic (exact) mass is 603 g/mol. The molecule has 2 heterocycles. The highest BCUT2D eigenvalue weighted by atomic mass is 79.9. The van der Waals surface area contributed by atoms with Gasteiger partial charge in [-0.15, -0.1) is 0 Å². The molecule has 39 heavy (non-hydrogen) atoms. The van der Waals surface area contributed by atoms with E-state index in [1.54, 1.807) is 30.0 Å². The van der Waals surface area contributed by atoms with Gasteiger partial charge >= 0.3 is 0 Å². The number of hydrogen-bond donors (Lipinski definition) is 1. The van der Waals surface area contributed by atoms with Crippen molar-refractivity contribution >= 4 is 34.0 Å². The molecule has 2 amide bonds. The van der Waals surface area contributed by atoms with Crippen LogP contribution in [-0.2, 0) is 25.7 Å². The van der Waals surface area contributed by atoms with Crippen LogP contribution in [-0.4, -0.2) is 81.1 Å². The van der Waals surface area contributed by atoms with E-state index in [1.165, 1.54) is 13.3 Å². The second-order valence-electron chi connectivity index (χ2n) is 8.22. The molecule has 1 saturated heterocycles. The van der Waals surface area contributed by atoms with Gasteiger partial charge < -0.3 is 28.6 Å². The zero-order valence-electron chi connectivity index (χ0n) is 22.0. The fourth-order valence-electron chi connectivity index (χ4n) is 3.60. The third-order valence-corrected chi connectivity index (χ3v) is 6.55. The zero-order valence-corrected chi connectivity index (χ0v) is 23.6. The van der Waals surface area contributed by atoms with Crippen molar-refractivity contribution in [2.75, 3.05) is 53.2 Å². The number of benzene rings is 1. The van der Waals surface area contributed by atoms with E-state index >= 15 is 0 Å². The number of nitrogens with zero attached hydrogens (tertiary/aromatic N) is 4. The summed E-state index contributed by atoms with van der Waals surface area (Å²) in [6.07, 6.45) is 1.43. The Bertz CT molecular complexity index is 1240. The standard InChI is InChI=1S/C26H30BrN5O7/c1-4-37-22-11-18(5-6-21(22)38-16-24(34)32-7-9-36-10-8-32)13-29-31-23(33)15-39-26-19(12-28)20(14-35-3)25(27)17(2)30-26/h5-6,11,13H,4,7-10,14-16H2,1-3H3,(H,31,33)/b29-13+. The van der Waals surface area contributed by atoms with Crippen molar-refractivity contribution in [3.63, 3.8) is 0 Å². The summed E-state index contributed by atoms with van der Waals surface area (Å²) in [7, 11) is 1.51. The molecule has 1 aliphatic rings. The van der Waals surface area contributed by atoms with Gasteiger partial charge in [0, 0.05) is 30.2 Å². The van der Waals surface area contributed by atoms with Gasteiger partial charge in [0.1, 0.15) is 11.6 Å². The highest BCUT2D eigenvalue weighted by Crippen LogP contribution is 2.30. The highest BCUT2D eigenvalue weighted by Gasteiger charge is 2.19. The van der Waals surface area contributed by atoms with Crippen molar-refractivity contribution in [3.8, 4) is 23.4 Å². The number of aromatic nitrogens is 1. The van der Waals surface area contributed by atoms with E-state index in [9.17, 15) is 14.9 Å². The number of ether oxygens (including phenoxy) is 5. The van der Waals surface area contributed by atoms with Gasteiger partial charge in [0.2, 0.25) is 5.88 Å². The molecular weight excluding hydrogens is 574 g/mol. The predicted molar refractivity (Wildman–Crippen MR) is 144 cm³/mol. The van der Waals surface area contributed by atoms with Crippen LogP contribution in [0.5, 0.6) is 17.4 Å². The Morgan fingerprint density at radius 3 is 2.69 bits per heavy atom. The van der Waals surface area contributed by atoms with Crippen molar-refractivity contribution in [2.45, 2.75) is 20.5 Å². The van der Waals surface area contributed by atoms with Crippen molar-refractivity contribution < 1.29 is 33.3 Å². The smallest absolute Gasteiger partial charge is 0.278 e. The maximum Gasteiger partial charge on any atom is 0.278 e. The average Bonchev–Trinajstić information content (AvgIpc) is 2.94. The highest BCUT2D eigenvalue weighted by molar-refractivity contribution is 9.10. The molecule has 2 aromatic rings. The summed E-state index contributed by atoms with van der Waals surface area (Å²) in [6, 6.07) is 7.13. The number of nitrogens with one attached hydrogen (secondary N) is 1. The second-order valence-corrected chi connectivity index (χ2v) is 9.01. The molecule has 1 aromatic carbocycles. The van der Waals surface area contributed by atoms with Gasteiger partial charge in [-0.3, -0.25) is 9.59 Å². The summed E-state index contributed by atoms with van der Waals surface area (Å²) in [4.78, 5) is 30.6. The number of hydrazone groups is 1. The number of carbonyl (C=O) groups is 2. The van der Waals surface area contributed by atoms with E-state index in [1.807, 2.05) is 6.92 Å². The zero-order chi connectivity index (χ0) is 28.2. The third kappa shape index (κ3) is 8.38. The molecule has 0 radical (unpaired) electrons. The third-order valence-electron chi connectivity index (χ3n) is 5.49. The van der Waals surface area contributed by atoms with Gasteiger partial charge in [-0.2, -0.15) is 10.4 Å². The quantitative estimate of drug-likeness (QED) is 0.285.